The van der Waals surface area contributed by atoms with Gasteiger partial charge in [0, 0.05) is 26.6 Å². The van der Waals surface area contributed by atoms with Gasteiger partial charge in [0.25, 0.3) is 0 Å². The number of nitrogens with two attached hydrogens (primary N) is 1. The van der Waals surface area contributed by atoms with E-state index in [4.69, 9.17) is 20.3 Å². The van der Waals surface area contributed by atoms with E-state index in [0.717, 1.165) is 0 Å². The van der Waals surface area contributed by atoms with Gasteiger partial charge >= 0.3 is 5.97 Å². The molecular formula is C8H15NO4. The summed E-state index contributed by atoms with van der Waals surface area (Å²) >= 11 is 0. The van der Waals surface area contributed by atoms with Crippen LogP contribution < -0.4 is 5.73 Å². The van der Waals surface area contributed by atoms with Crippen LogP contribution in [0.1, 0.15) is 12.8 Å². The van der Waals surface area contributed by atoms with Gasteiger partial charge in [0.05, 0.1) is 12.2 Å². The zero-order valence-corrected chi connectivity index (χ0v) is 7.66. The van der Waals surface area contributed by atoms with E-state index in [2.05, 4.69) is 0 Å². The van der Waals surface area contributed by atoms with Crippen LogP contribution in [0.25, 0.3) is 0 Å². The lowest BCUT2D eigenvalue weighted by atomic mass is 9.94. The van der Waals surface area contributed by atoms with Crippen LogP contribution in [0, 0.1) is 0 Å². The number of hydrogen-bond donors (Lipinski definition) is 2. The Morgan fingerprint density at radius 1 is 1.85 bits per heavy atom. The molecule has 0 radical (unpaired) electrons. The summed E-state index contributed by atoms with van der Waals surface area (Å²) in [4.78, 5) is 10.5. The molecule has 0 aliphatic carbocycles. The minimum Gasteiger partial charge on any atom is -0.480 e. The Morgan fingerprint density at radius 3 is 2.92 bits per heavy atom. The fourth-order valence-electron chi connectivity index (χ4n) is 1.48. The van der Waals surface area contributed by atoms with Crippen LogP contribution in [0.5, 0.6) is 0 Å². The first-order valence-electron chi connectivity index (χ1n) is 4.21. The highest BCUT2D eigenvalue weighted by Crippen LogP contribution is 2.27. The maximum atomic E-state index is 10.5. The largest absolute Gasteiger partial charge is 0.480 e. The molecule has 13 heavy (non-hydrogen) atoms. The van der Waals surface area contributed by atoms with Gasteiger partial charge in [-0.2, -0.15) is 0 Å². The molecule has 0 aromatic rings. The van der Waals surface area contributed by atoms with E-state index in [1.807, 2.05) is 0 Å². The molecule has 2 unspecified atom stereocenters. The number of carboxylic acids is 1. The zero-order valence-electron chi connectivity index (χ0n) is 7.66. The molecule has 76 valence electrons. The lowest BCUT2D eigenvalue weighted by molar-refractivity contribution is -0.140. The van der Waals surface area contributed by atoms with E-state index < -0.39 is 17.6 Å². The summed E-state index contributed by atoms with van der Waals surface area (Å²) in [5, 5.41) is 8.63. The Kier molecular flexibility index (Phi) is 3.24. The predicted molar refractivity (Wildman–Crippen MR) is 45.4 cm³/mol. The molecule has 0 aromatic heterocycles. The Labute approximate surface area is 76.8 Å². The van der Waals surface area contributed by atoms with E-state index in [1.54, 1.807) is 7.11 Å². The van der Waals surface area contributed by atoms with Crippen molar-refractivity contribution in [2.45, 2.75) is 24.5 Å². The molecule has 0 saturated carbocycles. The highest BCUT2D eigenvalue weighted by Gasteiger charge is 2.38. The van der Waals surface area contributed by atoms with Crippen LogP contribution in [0.2, 0.25) is 0 Å². The molecule has 1 fully saturated rings. The van der Waals surface area contributed by atoms with Gasteiger partial charge in [-0.1, -0.05) is 0 Å². The van der Waals surface area contributed by atoms with Gasteiger partial charge in [0.1, 0.15) is 6.04 Å². The van der Waals surface area contributed by atoms with Crippen LogP contribution in [0.15, 0.2) is 0 Å². The number of aliphatic carboxylic acids is 1. The topological polar surface area (TPSA) is 81.8 Å². The summed E-state index contributed by atoms with van der Waals surface area (Å²) in [5.74, 6) is -0.997. The maximum Gasteiger partial charge on any atom is 0.320 e. The Morgan fingerprint density at radius 2 is 2.54 bits per heavy atom. The van der Waals surface area contributed by atoms with Gasteiger partial charge in [-0.15, -0.1) is 0 Å². The first-order valence-corrected chi connectivity index (χ1v) is 4.21. The quantitative estimate of drug-likeness (QED) is 0.628. The molecule has 2 atom stereocenters. The van der Waals surface area contributed by atoms with Crippen LogP contribution in [-0.4, -0.2) is 43.0 Å². The minimum absolute atomic E-state index is 0.304. The number of hydrogen-bond acceptors (Lipinski definition) is 4. The van der Waals surface area contributed by atoms with Gasteiger partial charge in [0.2, 0.25) is 0 Å². The Bertz CT molecular complexity index is 189. The van der Waals surface area contributed by atoms with Crippen molar-refractivity contribution in [3.8, 4) is 0 Å². The lowest BCUT2D eigenvalue weighted by Crippen LogP contribution is -2.43. The molecule has 5 heteroatoms. The number of carboxylic acid groups (broad SMARTS) is 1. The van der Waals surface area contributed by atoms with Gasteiger partial charge in [-0.05, 0) is 0 Å². The summed E-state index contributed by atoms with van der Waals surface area (Å²) < 4.78 is 10.4. The molecule has 1 rings (SSSR count). The molecule has 3 N–H and O–H groups in total. The Balaban J connectivity index is 2.52. The fourth-order valence-corrected chi connectivity index (χ4v) is 1.48. The van der Waals surface area contributed by atoms with Gasteiger partial charge < -0.3 is 20.3 Å². The summed E-state index contributed by atoms with van der Waals surface area (Å²) in [6, 6.07) is -0.873. The van der Waals surface area contributed by atoms with Crippen molar-refractivity contribution >= 4 is 5.97 Å². The summed E-state index contributed by atoms with van der Waals surface area (Å²) in [6.45, 7) is 1.05. The molecule has 1 aliphatic rings. The average molecular weight is 189 g/mol. The third-order valence-corrected chi connectivity index (χ3v) is 2.41. The fraction of sp³-hybridized carbons (Fsp3) is 0.875. The van der Waals surface area contributed by atoms with E-state index >= 15 is 0 Å². The summed E-state index contributed by atoms with van der Waals surface area (Å²) in [5.41, 5.74) is 4.93. The van der Waals surface area contributed by atoms with Crippen molar-refractivity contribution in [3.63, 3.8) is 0 Å². The van der Waals surface area contributed by atoms with Crippen LogP contribution in [0.4, 0.5) is 0 Å². The van der Waals surface area contributed by atoms with E-state index in [-0.39, 0.29) is 0 Å². The first kappa shape index (κ1) is 10.4. The third kappa shape index (κ3) is 2.40. The van der Waals surface area contributed by atoms with Crippen LogP contribution in [0.3, 0.4) is 0 Å². The molecule has 1 heterocycles. The van der Waals surface area contributed by atoms with Crippen molar-refractivity contribution in [1.82, 2.24) is 0 Å². The van der Waals surface area contributed by atoms with Gasteiger partial charge in [-0.3, -0.25) is 4.79 Å². The van der Waals surface area contributed by atoms with Crippen LogP contribution in [-0.2, 0) is 14.3 Å². The zero-order chi connectivity index (χ0) is 9.90. The molecule has 5 nitrogen and oxygen atoms in total. The number of methoxy groups -OCH3 is 1. The van der Waals surface area contributed by atoms with Crippen molar-refractivity contribution in [3.05, 3.63) is 0 Å². The SMILES string of the molecule is COC1(CC(N)C(=O)O)CCOC1. The Hall–Kier alpha value is -0.650. The second-order valence-corrected chi connectivity index (χ2v) is 3.34. The molecule has 0 bridgehead atoms. The van der Waals surface area contributed by atoms with E-state index in [9.17, 15) is 4.79 Å². The van der Waals surface area contributed by atoms with Gasteiger partial charge in [0.15, 0.2) is 0 Å². The second kappa shape index (κ2) is 4.04. The first-order chi connectivity index (χ1) is 6.09. The summed E-state index contributed by atoms with van der Waals surface area (Å²) in [6.07, 6.45) is 1.02. The lowest BCUT2D eigenvalue weighted by Gasteiger charge is -2.27. The molecule has 0 spiro atoms. The van der Waals surface area contributed by atoms with Crippen molar-refractivity contribution in [1.29, 1.82) is 0 Å². The van der Waals surface area contributed by atoms with Crippen molar-refractivity contribution < 1.29 is 19.4 Å². The third-order valence-electron chi connectivity index (χ3n) is 2.41. The van der Waals surface area contributed by atoms with E-state index in [1.165, 1.54) is 0 Å². The maximum absolute atomic E-state index is 10.5. The number of carbonyl (C=O) groups is 1. The molecule has 1 saturated heterocycles. The molecule has 0 amide bonds. The predicted octanol–water partition coefficient (Wildman–Crippen LogP) is -0.406. The number of rotatable bonds is 4. The molecule has 1 aliphatic heterocycles. The highest BCUT2D eigenvalue weighted by molar-refractivity contribution is 5.73. The monoisotopic (exact) mass is 189 g/mol. The normalized spacial score (nSPS) is 30.3. The average Bonchev–Trinajstić information content (AvgIpc) is 2.54. The smallest absolute Gasteiger partial charge is 0.320 e. The highest BCUT2D eigenvalue weighted by atomic mass is 16.5. The van der Waals surface area contributed by atoms with E-state index in [0.29, 0.717) is 26.1 Å². The van der Waals surface area contributed by atoms with Crippen LogP contribution >= 0.6 is 0 Å². The molecular weight excluding hydrogens is 174 g/mol. The van der Waals surface area contributed by atoms with Crippen molar-refractivity contribution in [2.24, 2.45) is 5.73 Å². The number of ether oxygens (including phenoxy) is 2. The molecule has 0 aromatic carbocycles. The second-order valence-electron chi connectivity index (χ2n) is 3.34. The standard InChI is InChI=1S/C8H15NO4/c1-12-8(2-3-13-5-8)4-6(9)7(10)11/h6H,2-5,9H2,1H3,(H,10,11). The minimum atomic E-state index is -0.997. The van der Waals surface area contributed by atoms with Gasteiger partial charge in [-0.25, -0.2) is 0 Å². The van der Waals surface area contributed by atoms with Crippen molar-refractivity contribution in [2.75, 3.05) is 20.3 Å². The summed E-state index contributed by atoms with van der Waals surface area (Å²) in [7, 11) is 1.56.